The number of likely N-dealkylation sites (N-methyl/N-ethyl adjacent to an activating group) is 2. The molecule has 0 spiro atoms. The summed E-state index contributed by atoms with van der Waals surface area (Å²) in [6.45, 7) is 1.81. The summed E-state index contributed by atoms with van der Waals surface area (Å²) in [5.41, 5.74) is 8.50. The summed E-state index contributed by atoms with van der Waals surface area (Å²) >= 11 is 0. The van der Waals surface area contributed by atoms with Crippen LogP contribution in [0.25, 0.3) is 11.1 Å². The summed E-state index contributed by atoms with van der Waals surface area (Å²) < 4.78 is 41.6. The summed E-state index contributed by atoms with van der Waals surface area (Å²) in [6, 6.07) is 14.3. The van der Waals surface area contributed by atoms with E-state index in [1.54, 1.807) is 42.7 Å². The Hall–Kier alpha value is -4.80. The third kappa shape index (κ3) is 5.51. The van der Waals surface area contributed by atoms with Gasteiger partial charge in [0, 0.05) is 36.3 Å². The number of hydrogen-bond donors (Lipinski definition) is 1. The third-order valence-corrected chi connectivity index (χ3v) is 10.8. The Bertz CT molecular complexity index is 1940. The largest absolute Gasteiger partial charge is 0.504 e. The summed E-state index contributed by atoms with van der Waals surface area (Å²) in [7, 11) is 14.1. The third-order valence-electron chi connectivity index (χ3n) is 10.8. The molecule has 0 amide bonds. The maximum Gasteiger partial charge on any atom is 0.204 e. The lowest BCUT2D eigenvalue weighted by molar-refractivity contribution is 0.225. The fourth-order valence-corrected chi connectivity index (χ4v) is 8.06. The maximum atomic E-state index is 11.5. The predicted molar refractivity (Wildman–Crippen MR) is 191 cm³/mol. The van der Waals surface area contributed by atoms with E-state index in [4.69, 9.17) is 33.2 Å². The number of rotatable bonds is 10. The van der Waals surface area contributed by atoms with E-state index in [-0.39, 0.29) is 17.8 Å². The molecule has 2 heterocycles. The molecule has 7 rings (SSSR count). The predicted octanol–water partition coefficient (Wildman–Crippen LogP) is 6.76. The number of ether oxygens (including phenoxy) is 7. The van der Waals surface area contributed by atoms with Crippen LogP contribution in [0.2, 0.25) is 0 Å². The second kappa shape index (κ2) is 13.5. The van der Waals surface area contributed by atoms with Gasteiger partial charge in [-0.05, 0) is 110 Å². The molecule has 3 aliphatic rings. The fourth-order valence-electron chi connectivity index (χ4n) is 8.06. The first-order chi connectivity index (χ1) is 24.2. The number of phenols is 1. The molecule has 0 saturated carbocycles. The van der Waals surface area contributed by atoms with Gasteiger partial charge in [-0.25, -0.2) is 0 Å². The van der Waals surface area contributed by atoms with Gasteiger partial charge in [-0.3, -0.25) is 9.80 Å². The Morgan fingerprint density at radius 1 is 0.640 bits per heavy atom. The zero-order chi connectivity index (χ0) is 35.3. The Balaban J connectivity index is 1.34. The van der Waals surface area contributed by atoms with Gasteiger partial charge in [-0.2, -0.15) is 0 Å². The number of hydrogen-bond acceptors (Lipinski definition) is 10. The quantitative estimate of drug-likeness (QED) is 0.194. The van der Waals surface area contributed by atoms with Crippen molar-refractivity contribution in [1.82, 2.24) is 9.80 Å². The Morgan fingerprint density at radius 3 is 1.96 bits per heavy atom. The van der Waals surface area contributed by atoms with Crippen LogP contribution in [-0.2, 0) is 25.7 Å². The van der Waals surface area contributed by atoms with E-state index in [1.165, 1.54) is 16.7 Å². The number of benzene rings is 4. The first-order valence-electron chi connectivity index (χ1n) is 17.0. The summed E-state index contributed by atoms with van der Waals surface area (Å²) in [5, 5.41) is 11.5. The van der Waals surface area contributed by atoms with Crippen molar-refractivity contribution in [3.8, 4) is 62.9 Å². The minimum atomic E-state index is 0.0370. The smallest absolute Gasteiger partial charge is 0.204 e. The molecule has 2 unspecified atom stereocenters. The van der Waals surface area contributed by atoms with E-state index in [0.717, 1.165) is 65.9 Å². The fraction of sp³-hybridized carbons (Fsp3) is 0.400. The molecule has 0 radical (unpaired) electrons. The van der Waals surface area contributed by atoms with Crippen LogP contribution in [-0.4, -0.2) is 84.7 Å². The van der Waals surface area contributed by atoms with Gasteiger partial charge < -0.3 is 38.3 Å². The Morgan fingerprint density at radius 2 is 1.26 bits per heavy atom. The van der Waals surface area contributed by atoms with Crippen LogP contribution in [0.4, 0.5) is 0 Å². The molecule has 2 atom stereocenters. The highest BCUT2D eigenvalue weighted by Gasteiger charge is 2.37. The van der Waals surface area contributed by atoms with Crippen molar-refractivity contribution in [2.75, 3.05) is 69.8 Å². The van der Waals surface area contributed by atoms with Gasteiger partial charge in [0.25, 0.3) is 0 Å². The molecule has 0 aromatic heterocycles. The van der Waals surface area contributed by atoms with Crippen LogP contribution >= 0.6 is 0 Å². The SMILES string of the molecule is COc1cc2c(cc1OC)C(Cc1ccc(OC)c(OC)c1Oc1cc3c(cc1OC)-c1c(O)c(OC)cc4c1C(C3)N(C)CC4)N(C)CC2. The van der Waals surface area contributed by atoms with Crippen molar-refractivity contribution in [3.63, 3.8) is 0 Å². The van der Waals surface area contributed by atoms with Crippen molar-refractivity contribution in [2.45, 2.75) is 37.8 Å². The highest BCUT2D eigenvalue weighted by molar-refractivity contribution is 5.85. The van der Waals surface area contributed by atoms with E-state index in [1.807, 2.05) is 30.3 Å². The molecular formula is C40H46N2O8. The van der Waals surface area contributed by atoms with E-state index in [0.29, 0.717) is 46.7 Å². The Labute approximate surface area is 294 Å². The van der Waals surface area contributed by atoms with Gasteiger partial charge in [0.1, 0.15) is 0 Å². The van der Waals surface area contributed by atoms with Gasteiger partial charge >= 0.3 is 0 Å². The number of nitrogens with zero attached hydrogens (tertiary/aromatic N) is 2. The topological polar surface area (TPSA) is 91.3 Å². The molecule has 2 aliphatic heterocycles. The molecule has 0 fully saturated rings. The van der Waals surface area contributed by atoms with Crippen LogP contribution in [0.5, 0.6) is 51.7 Å². The maximum absolute atomic E-state index is 11.5. The van der Waals surface area contributed by atoms with Crippen LogP contribution < -0.4 is 33.2 Å². The van der Waals surface area contributed by atoms with Gasteiger partial charge in [0.2, 0.25) is 5.75 Å². The standard InChI is InChI=1S/C40H46N2O8/c1-41-13-11-22-17-31(45-4)32(46-5)20-26(22)28(41)15-24-9-10-30(44-3)40(49-8)39(24)50-34-19-25-16-29-36-23(12-14-42(29)2)18-35(48-7)38(43)37(36)27(25)21-33(34)47-6/h9-10,17-21,28-29,43H,11-16H2,1-8H3. The average molecular weight is 683 g/mol. The number of methoxy groups -OCH3 is 6. The molecule has 0 bridgehead atoms. The Kier molecular flexibility index (Phi) is 9.09. The van der Waals surface area contributed by atoms with Crippen molar-refractivity contribution >= 4 is 0 Å². The van der Waals surface area contributed by atoms with E-state index in [2.05, 4.69) is 36.0 Å². The lowest BCUT2D eigenvalue weighted by Crippen LogP contribution is -2.35. The first kappa shape index (κ1) is 33.7. The minimum Gasteiger partial charge on any atom is -0.504 e. The molecular weight excluding hydrogens is 636 g/mol. The highest BCUT2D eigenvalue weighted by atomic mass is 16.5. The van der Waals surface area contributed by atoms with Crippen molar-refractivity contribution in [2.24, 2.45) is 0 Å². The summed E-state index contributed by atoms with van der Waals surface area (Å²) in [6.07, 6.45) is 3.19. The van der Waals surface area contributed by atoms with Gasteiger partial charge in [0.15, 0.2) is 46.0 Å². The van der Waals surface area contributed by atoms with Crippen molar-refractivity contribution in [1.29, 1.82) is 0 Å². The second-order valence-corrected chi connectivity index (χ2v) is 13.2. The second-order valence-electron chi connectivity index (χ2n) is 13.2. The number of fused-ring (bicyclic) bond motifs is 3. The minimum absolute atomic E-state index is 0.0370. The summed E-state index contributed by atoms with van der Waals surface area (Å²) in [4.78, 5) is 4.72. The van der Waals surface area contributed by atoms with Gasteiger partial charge in [-0.15, -0.1) is 0 Å². The lowest BCUT2D eigenvalue weighted by Gasteiger charge is -2.40. The van der Waals surface area contributed by atoms with E-state index in [9.17, 15) is 5.11 Å². The zero-order valence-corrected chi connectivity index (χ0v) is 30.1. The van der Waals surface area contributed by atoms with Gasteiger partial charge in [0.05, 0.1) is 42.7 Å². The van der Waals surface area contributed by atoms with Crippen LogP contribution in [0.3, 0.4) is 0 Å². The van der Waals surface area contributed by atoms with Gasteiger partial charge in [-0.1, -0.05) is 6.07 Å². The summed E-state index contributed by atoms with van der Waals surface area (Å²) in [5.74, 6) is 4.77. The van der Waals surface area contributed by atoms with E-state index >= 15 is 0 Å². The average Bonchev–Trinajstić information content (AvgIpc) is 3.14. The number of phenolic OH excluding ortho intramolecular Hbond substituents is 1. The number of aromatic hydroxyl groups is 1. The normalized spacial score (nSPS) is 18.0. The molecule has 1 N–H and O–H groups in total. The molecule has 4 aromatic rings. The zero-order valence-electron chi connectivity index (χ0n) is 30.1. The van der Waals surface area contributed by atoms with Crippen LogP contribution in [0.1, 0.15) is 45.5 Å². The molecule has 1 aliphatic carbocycles. The molecule has 10 nitrogen and oxygen atoms in total. The monoisotopic (exact) mass is 682 g/mol. The van der Waals surface area contributed by atoms with E-state index < -0.39 is 0 Å². The first-order valence-corrected chi connectivity index (χ1v) is 17.0. The van der Waals surface area contributed by atoms with Crippen molar-refractivity contribution < 1.29 is 38.3 Å². The van der Waals surface area contributed by atoms with Crippen LogP contribution in [0.15, 0.2) is 42.5 Å². The molecule has 4 aromatic carbocycles. The molecule has 264 valence electrons. The van der Waals surface area contributed by atoms with Crippen LogP contribution in [0, 0.1) is 0 Å². The highest BCUT2D eigenvalue weighted by Crippen LogP contribution is 2.55. The molecule has 10 heteroatoms. The molecule has 0 saturated heterocycles. The molecule has 50 heavy (non-hydrogen) atoms. The lowest BCUT2D eigenvalue weighted by atomic mass is 9.76. The van der Waals surface area contributed by atoms with Crippen molar-refractivity contribution in [3.05, 3.63) is 75.8 Å².